The number of nitrogens with one attached hydrogen (secondary N) is 1. The Hall–Kier alpha value is -1.32. The maximum atomic E-state index is 7.89. The van der Waals surface area contributed by atoms with Crippen molar-refractivity contribution in [2.24, 2.45) is 7.05 Å². The van der Waals surface area contributed by atoms with Gasteiger partial charge in [0.25, 0.3) is 0 Å². The fraction of sp³-hybridized carbons (Fsp3) is 0.556. The van der Waals surface area contributed by atoms with Gasteiger partial charge in [0.05, 0.1) is 0 Å². The van der Waals surface area contributed by atoms with Gasteiger partial charge in [-0.1, -0.05) is 0 Å². The van der Waals surface area contributed by atoms with Crippen molar-refractivity contribution < 1.29 is 0 Å². The molecule has 1 fully saturated rings. The highest BCUT2D eigenvalue weighted by atomic mass is 15.3. The molecule has 2 heterocycles. The second-order valence-corrected chi connectivity index (χ2v) is 3.42. The van der Waals surface area contributed by atoms with Crippen LogP contribution in [0.2, 0.25) is 0 Å². The first kappa shape index (κ1) is 8.29. The molecule has 1 saturated heterocycles. The highest BCUT2D eigenvalue weighted by Gasteiger charge is 2.17. The van der Waals surface area contributed by atoms with Crippen LogP contribution in [0.5, 0.6) is 0 Å². The Morgan fingerprint density at radius 1 is 1.46 bits per heavy atom. The Morgan fingerprint density at radius 2 is 2.15 bits per heavy atom. The molecular formula is C9H14N4. The average Bonchev–Trinajstić information content (AvgIpc) is 2.72. The van der Waals surface area contributed by atoms with E-state index in [1.54, 1.807) is 4.68 Å². The van der Waals surface area contributed by atoms with Gasteiger partial charge >= 0.3 is 0 Å². The molecule has 70 valence electrons. The summed E-state index contributed by atoms with van der Waals surface area (Å²) >= 11 is 0. The zero-order chi connectivity index (χ0) is 9.26. The van der Waals surface area contributed by atoms with Crippen LogP contribution in [0.4, 0.5) is 0 Å². The lowest BCUT2D eigenvalue weighted by Gasteiger charge is -2.15. The molecule has 1 N–H and O–H groups in total. The summed E-state index contributed by atoms with van der Waals surface area (Å²) in [6.07, 6.45) is 4.28. The van der Waals surface area contributed by atoms with E-state index >= 15 is 0 Å². The van der Waals surface area contributed by atoms with E-state index in [0.29, 0.717) is 5.84 Å². The molecule has 0 aliphatic carbocycles. The monoisotopic (exact) mass is 178 g/mol. The molecule has 1 aliphatic rings. The maximum Gasteiger partial charge on any atom is 0.148 e. The molecule has 0 saturated carbocycles. The van der Waals surface area contributed by atoms with Crippen molar-refractivity contribution in [2.75, 3.05) is 13.1 Å². The first-order valence-corrected chi connectivity index (χ1v) is 4.61. The SMILES string of the molecule is Cn1ccc(C(=N)N2CCCC2)n1. The molecule has 0 bridgehead atoms. The van der Waals surface area contributed by atoms with Gasteiger partial charge in [-0.05, 0) is 18.9 Å². The van der Waals surface area contributed by atoms with Gasteiger partial charge in [-0.2, -0.15) is 5.10 Å². The lowest BCUT2D eigenvalue weighted by Crippen LogP contribution is -2.28. The molecule has 0 atom stereocenters. The second kappa shape index (κ2) is 3.20. The van der Waals surface area contributed by atoms with E-state index in [-0.39, 0.29) is 0 Å². The van der Waals surface area contributed by atoms with E-state index in [1.807, 2.05) is 19.3 Å². The predicted octanol–water partition coefficient (Wildman–Crippen LogP) is 0.841. The Bertz CT molecular complexity index is 309. The van der Waals surface area contributed by atoms with Crippen molar-refractivity contribution in [3.8, 4) is 0 Å². The minimum atomic E-state index is 0.568. The van der Waals surface area contributed by atoms with Crippen LogP contribution in [-0.2, 0) is 7.05 Å². The van der Waals surface area contributed by atoms with Crippen molar-refractivity contribution in [3.63, 3.8) is 0 Å². The number of rotatable bonds is 1. The van der Waals surface area contributed by atoms with Crippen LogP contribution < -0.4 is 0 Å². The largest absolute Gasteiger partial charge is 0.355 e. The van der Waals surface area contributed by atoms with Gasteiger partial charge in [0, 0.05) is 26.3 Å². The van der Waals surface area contributed by atoms with Gasteiger partial charge in [0.15, 0.2) is 0 Å². The van der Waals surface area contributed by atoms with Crippen molar-refractivity contribution in [2.45, 2.75) is 12.8 Å². The van der Waals surface area contributed by atoms with Crippen molar-refractivity contribution >= 4 is 5.84 Å². The highest BCUT2D eigenvalue weighted by Crippen LogP contribution is 2.10. The summed E-state index contributed by atoms with van der Waals surface area (Å²) in [6.45, 7) is 2.02. The standard InChI is InChI=1S/C9H14N4/c1-12-7-4-8(11-12)9(10)13-5-2-3-6-13/h4,7,10H,2-3,5-6H2,1H3. The third kappa shape index (κ3) is 1.56. The quantitative estimate of drug-likeness (QED) is 0.511. The Morgan fingerprint density at radius 3 is 2.69 bits per heavy atom. The minimum Gasteiger partial charge on any atom is -0.355 e. The summed E-state index contributed by atoms with van der Waals surface area (Å²) in [5, 5.41) is 12.1. The van der Waals surface area contributed by atoms with Crippen LogP contribution in [0.1, 0.15) is 18.5 Å². The first-order valence-electron chi connectivity index (χ1n) is 4.61. The zero-order valence-electron chi connectivity index (χ0n) is 7.82. The normalized spacial score (nSPS) is 16.5. The number of nitrogens with zero attached hydrogens (tertiary/aromatic N) is 3. The first-order chi connectivity index (χ1) is 6.27. The summed E-state index contributed by atoms with van der Waals surface area (Å²) in [5.74, 6) is 0.568. The molecule has 0 radical (unpaired) electrons. The van der Waals surface area contributed by atoms with Crippen molar-refractivity contribution in [3.05, 3.63) is 18.0 Å². The van der Waals surface area contributed by atoms with Crippen LogP contribution >= 0.6 is 0 Å². The van der Waals surface area contributed by atoms with Crippen LogP contribution in [0.15, 0.2) is 12.3 Å². The third-order valence-electron chi connectivity index (χ3n) is 2.38. The summed E-state index contributed by atoms with van der Waals surface area (Å²) < 4.78 is 1.74. The van der Waals surface area contributed by atoms with Gasteiger partial charge in [-0.25, -0.2) is 0 Å². The molecule has 0 aromatic carbocycles. The molecular weight excluding hydrogens is 164 g/mol. The summed E-state index contributed by atoms with van der Waals surface area (Å²) in [5.41, 5.74) is 0.782. The van der Waals surface area contributed by atoms with E-state index < -0.39 is 0 Å². The van der Waals surface area contributed by atoms with E-state index in [9.17, 15) is 0 Å². The van der Waals surface area contributed by atoms with Crippen molar-refractivity contribution in [1.82, 2.24) is 14.7 Å². The van der Waals surface area contributed by atoms with Gasteiger partial charge in [-0.3, -0.25) is 10.1 Å². The van der Waals surface area contributed by atoms with Crippen molar-refractivity contribution in [1.29, 1.82) is 5.41 Å². The molecule has 0 amide bonds. The van der Waals surface area contributed by atoms with Gasteiger partial charge < -0.3 is 4.90 Å². The lowest BCUT2D eigenvalue weighted by atomic mass is 10.3. The fourth-order valence-electron chi connectivity index (χ4n) is 1.64. The Labute approximate surface area is 77.7 Å². The minimum absolute atomic E-state index is 0.568. The fourth-order valence-corrected chi connectivity index (χ4v) is 1.64. The molecule has 1 aromatic heterocycles. The van der Waals surface area contributed by atoms with E-state index in [1.165, 1.54) is 12.8 Å². The second-order valence-electron chi connectivity index (χ2n) is 3.42. The Kier molecular flexibility index (Phi) is 2.04. The van der Waals surface area contributed by atoms with Crippen LogP contribution in [0.3, 0.4) is 0 Å². The maximum absolute atomic E-state index is 7.89. The molecule has 1 aliphatic heterocycles. The van der Waals surface area contributed by atoms with Crippen LogP contribution in [0.25, 0.3) is 0 Å². The number of hydrogen-bond donors (Lipinski definition) is 1. The van der Waals surface area contributed by atoms with Crippen LogP contribution in [-0.4, -0.2) is 33.6 Å². The molecule has 1 aromatic rings. The topological polar surface area (TPSA) is 44.9 Å². The molecule has 0 unspecified atom stereocenters. The molecule has 13 heavy (non-hydrogen) atoms. The number of hydrogen-bond acceptors (Lipinski definition) is 2. The number of aryl methyl sites for hydroxylation is 1. The molecule has 4 heteroatoms. The Balaban J connectivity index is 2.12. The van der Waals surface area contributed by atoms with Gasteiger partial charge in [-0.15, -0.1) is 0 Å². The highest BCUT2D eigenvalue weighted by molar-refractivity contribution is 5.94. The lowest BCUT2D eigenvalue weighted by molar-refractivity contribution is 0.514. The third-order valence-corrected chi connectivity index (χ3v) is 2.38. The zero-order valence-corrected chi connectivity index (χ0v) is 7.82. The average molecular weight is 178 g/mol. The summed E-state index contributed by atoms with van der Waals surface area (Å²) in [7, 11) is 1.88. The van der Waals surface area contributed by atoms with Crippen LogP contribution in [0, 0.1) is 5.41 Å². The number of aromatic nitrogens is 2. The van der Waals surface area contributed by atoms with E-state index in [4.69, 9.17) is 5.41 Å². The number of amidine groups is 1. The van der Waals surface area contributed by atoms with E-state index in [0.717, 1.165) is 18.8 Å². The smallest absolute Gasteiger partial charge is 0.148 e. The molecule has 4 nitrogen and oxygen atoms in total. The molecule has 2 rings (SSSR count). The molecule has 0 spiro atoms. The summed E-state index contributed by atoms with van der Waals surface area (Å²) in [6, 6.07) is 1.89. The van der Waals surface area contributed by atoms with E-state index in [2.05, 4.69) is 10.00 Å². The van der Waals surface area contributed by atoms with Gasteiger partial charge in [0.2, 0.25) is 0 Å². The van der Waals surface area contributed by atoms with Gasteiger partial charge in [0.1, 0.15) is 11.5 Å². The number of likely N-dealkylation sites (tertiary alicyclic amines) is 1. The predicted molar refractivity (Wildman–Crippen MR) is 50.8 cm³/mol. The summed E-state index contributed by atoms with van der Waals surface area (Å²) in [4.78, 5) is 2.09.